The molecule has 1 aliphatic carbocycles. The Bertz CT molecular complexity index is 440. The van der Waals surface area contributed by atoms with Crippen LogP contribution in [-0.2, 0) is 14.3 Å². The van der Waals surface area contributed by atoms with Gasteiger partial charge in [-0.05, 0) is 24.7 Å². The van der Waals surface area contributed by atoms with Crippen LogP contribution in [0.3, 0.4) is 0 Å². The number of Topliss-reactive ketones (excluding diaryl/α,β-unsaturated/α-hetero) is 1. The molecule has 0 aliphatic heterocycles. The number of hydrogen-bond acceptors (Lipinski definition) is 6. The molecule has 2 amide bonds. The smallest absolute Gasteiger partial charge is 0.404 e. The van der Waals surface area contributed by atoms with Gasteiger partial charge in [0.1, 0.15) is 12.4 Å². The molecule has 0 aromatic carbocycles. The van der Waals surface area contributed by atoms with Crippen molar-refractivity contribution in [2.75, 3.05) is 24.7 Å². The molecule has 144 valence electrons. The van der Waals surface area contributed by atoms with Crippen molar-refractivity contribution in [2.24, 2.45) is 11.1 Å². The van der Waals surface area contributed by atoms with Crippen LogP contribution >= 0.6 is 21.6 Å². The first-order valence-electron chi connectivity index (χ1n) is 8.86. The van der Waals surface area contributed by atoms with E-state index in [9.17, 15) is 14.4 Å². The molecule has 25 heavy (non-hydrogen) atoms. The normalized spacial score (nSPS) is 16.2. The van der Waals surface area contributed by atoms with E-state index in [0.29, 0.717) is 37.5 Å². The molecule has 0 radical (unpaired) electrons. The van der Waals surface area contributed by atoms with Crippen LogP contribution in [0.2, 0.25) is 0 Å². The number of primary amides is 1. The van der Waals surface area contributed by atoms with Crippen molar-refractivity contribution in [2.45, 2.75) is 58.3 Å². The van der Waals surface area contributed by atoms with E-state index in [1.165, 1.54) is 13.3 Å². The van der Waals surface area contributed by atoms with Crippen molar-refractivity contribution >= 4 is 39.4 Å². The van der Waals surface area contributed by atoms with Crippen molar-refractivity contribution in [3.63, 3.8) is 0 Å². The molecule has 0 spiro atoms. The Balaban J connectivity index is 2.19. The minimum atomic E-state index is -0.743. The van der Waals surface area contributed by atoms with E-state index in [0.717, 1.165) is 37.9 Å². The summed E-state index contributed by atoms with van der Waals surface area (Å²) >= 11 is 0. The van der Waals surface area contributed by atoms with E-state index in [1.807, 2.05) is 0 Å². The van der Waals surface area contributed by atoms with Crippen LogP contribution in [0.5, 0.6) is 0 Å². The number of nitrogens with one attached hydrogen (secondary N) is 1. The molecule has 6 nitrogen and oxygen atoms in total. The number of carbonyl (C=O) groups excluding carboxylic acids is 3. The van der Waals surface area contributed by atoms with E-state index in [-0.39, 0.29) is 11.3 Å². The summed E-state index contributed by atoms with van der Waals surface area (Å²) in [6.45, 7) is 2.47. The third-order valence-corrected chi connectivity index (χ3v) is 6.83. The van der Waals surface area contributed by atoms with Gasteiger partial charge in [0.15, 0.2) is 0 Å². The van der Waals surface area contributed by atoms with Gasteiger partial charge in [-0.2, -0.15) is 0 Å². The second-order valence-corrected chi connectivity index (χ2v) is 9.30. The molecule has 1 fully saturated rings. The highest BCUT2D eigenvalue weighted by Gasteiger charge is 2.34. The summed E-state index contributed by atoms with van der Waals surface area (Å²) in [4.78, 5) is 34.0. The summed E-state index contributed by atoms with van der Waals surface area (Å²) < 4.78 is 4.64. The molecule has 1 rings (SSSR count). The van der Waals surface area contributed by atoms with Gasteiger partial charge in [0.2, 0.25) is 5.91 Å². The van der Waals surface area contributed by atoms with Crippen LogP contribution in [0.25, 0.3) is 0 Å². The highest BCUT2D eigenvalue weighted by atomic mass is 33.1. The molecule has 8 heteroatoms. The van der Waals surface area contributed by atoms with Gasteiger partial charge >= 0.3 is 6.09 Å². The second kappa shape index (κ2) is 12.5. The van der Waals surface area contributed by atoms with Gasteiger partial charge in [-0.25, -0.2) is 4.79 Å². The van der Waals surface area contributed by atoms with Gasteiger partial charge in [-0.3, -0.25) is 9.59 Å². The summed E-state index contributed by atoms with van der Waals surface area (Å²) in [5.74, 6) is 1.87. The monoisotopic (exact) mass is 390 g/mol. The Morgan fingerprint density at radius 1 is 1.12 bits per heavy atom. The number of ketones is 1. The van der Waals surface area contributed by atoms with E-state index in [2.05, 4.69) is 10.1 Å². The lowest BCUT2D eigenvalue weighted by molar-refractivity contribution is -0.124. The van der Waals surface area contributed by atoms with E-state index in [1.54, 1.807) is 21.6 Å². The first kappa shape index (κ1) is 22.2. The highest BCUT2D eigenvalue weighted by Crippen LogP contribution is 2.39. The Hall–Kier alpha value is -0.890. The quantitative estimate of drug-likeness (QED) is 0.392. The molecule has 0 atom stereocenters. The Morgan fingerprint density at radius 2 is 1.80 bits per heavy atom. The standard InChI is InChI=1S/C17H30N2O4S2/c1-14(20)19-13-17(7-3-2-4-8-17)12-15(21)6-5-10-24-25-11-9-23-16(18)22/h2-13H2,1H3,(H2,18,22)(H,19,20). The molecule has 0 saturated heterocycles. The summed E-state index contributed by atoms with van der Waals surface area (Å²) in [6, 6.07) is 0. The SMILES string of the molecule is CC(=O)NCC1(CC(=O)CCCSSCCOC(N)=O)CCCCC1. The van der Waals surface area contributed by atoms with E-state index in [4.69, 9.17) is 5.73 Å². The van der Waals surface area contributed by atoms with Crippen molar-refractivity contribution in [3.8, 4) is 0 Å². The fourth-order valence-corrected chi connectivity index (χ4v) is 5.07. The van der Waals surface area contributed by atoms with Crippen LogP contribution in [-0.4, -0.2) is 42.4 Å². The zero-order valence-corrected chi connectivity index (χ0v) is 16.6. The maximum atomic E-state index is 12.4. The minimum Gasteiger partial charge on any atom is -0.449 e. The molecule has 0 aromatic rings. The Kier molecular flexibility index (Phi) is 11.0. The molecule has 3 N–H and O–H groups in total. The molecular formula is C17H30N2O4S2. The zero-order chi connectivity index (χ0) is 18.5. The zero-order valence-electron chi connectivity index (χ0n) is 15.0. The van der Waals surface area contributed by atoms with Gasteiger partial charge in [0.05, 0.1) is 0 Å². The lowest BCUT2D eigenvalue weighted by Gasteiger charge is -2.37. The van der Waals surface area contributed by atoms with Crippen LogP contribution in [0.4, 0.5) is 4.79 Å². The van der Waals surface area contributed by atoms with Gasteiger partial charge in [-0.1, -0.05) is 40.9 Å². The maximum Gasteiger partial charge on any atom is 0.404 e. The predicted molar refractivity (Wildman–Crippen MR) is 104 cm³/mol. The van der Waals surface area contributed by atoms with Gasteiger partial charge in [-0.15, -0.1) is 0 Å². The van der Waals surface area contributed by atoms with Crippen LogP contribution in [0.1, 0.15) is 58.3 Å². The molecule has 0 aromatic heterocycles. The average Bonchev–Trinajstić information content (AvgIpc) is 2.56. The number of carbonyl (C=O) groups is 3. The summed E-state index contributed by atoms with van der Waals surface area (Å²) in [7, 11) is 3.30. The number of amides is 2. The number of rotatable bonds is 12. The maximum absolute atomic E-state index is 12.4. The molecular weight excluding hydrogens is 360 g/mol. The average molecular weight is 391 g/mol. The second-order valence-electron chi connectivity index (χ2n) is 6.60. The number of nitrogens with two attached hydrogens (primary N) is 1. The van der Waals surface area contributed by atoms with Crippen LogP contribution in [0, 0.1) is 5.41 Å². The van der Waals surface area contributed by atoms with Crippen LogP contribution < -0.4 is 11.1 Å². The van der Waals surface area contributed by atoms with E-state index >= 15 is 0 Å². The summed E-state index contributed by atoms with van der Waals surface area (Å²) in [6.07, 6.45) is 6.86. The topological polar surface area (TPSA) is 98.5 Å². The number of hydrogen-bond donors (Lipinski definition) is 2. The first-order chi connectivity index (χ1) is 11.9. The Labute approximate surface area is 158 Å². The van der Waals surface area contributed by atoms with Gasteiger partial charge < -0.3 is 15.8 Å². The minimum absolute atomic E-state index is 0.0221. The van der Waals surface area contributed by atoms with Crippen LogP contribution in [0.15, 0.2) is 0 Å². The fourth-order valence-electron chi connectivity index (χ4n) is 3.16. The van der Waals surface area contributed by atoms with Gasteiger partial charge in [0, 0.05) is 37.8 Å². The van der Waals surface area contributed by atoms with E-state index < -0.39 is 6.09 Å². The van der Waals surface area contributed by atoms with Crippen molar-refractivity contribution in [3.05, 3.63) is 0 Å². The molecule has 1 saturated carbocycles. The molecule has 1 aliphatic rings. The molecule has 0 bridgehead atoms. The third kappa shape index (κ3) is 10.6. The Morgan fingerprint density at radius 3 is 2.44 bits per heavy atom. The summed E-state index contributed by atoms with van der Waals surface area (Å²) in [5.41, 5.74) is 4.84. The molecule has 0 heterocycles. The molecule has 0 unspecified atom stereocenters. The van der Waals surface area contributed by atoms with Crippen molar-refractivity contribution in [1.82, 2.24) is 5.32 Å². The van der Waals surface area contributed by atoms with Gasteiger partial charge in [0.25, 0.3) is 0 Å². The summed E-state index contributed by atoms with van der Waals surface area (Å²) in [5, 5.41) is 2.92. The van der Waals surface area contributed by atoms with Crippen molar-refractivity contribution in [1.29, 1.82) is 0 Å². The lowest BCUT2D eigenvalue weighted by Crippen LogP contribution is -2.39. The fraction of sp³-hybridized carbons (Fsp3) is 0.824. The third-order valence-electron chi connectivity index (χ3n) is 4.38. The lowest BCUT2D eigenvalue weighted by atomic mass is 9.70. The predicted octanol–water partition coefficient (Wildman–Crippen LogP) is 3.29. The largest absolute Gasteiger partial charge is 0.449 e. The van der Waals surface area contributed by atoms with Crippen molar-refractivity contribution < 1.29 is 19.1 Å². The first-order valence-corrected chi connectivity index (χ1v) is 11.4. The number of ether oxygens (including phenoxy) is 1. The highest BCUT2D eigenvalue weighted by molar-refractivity contribution is 8.76.